The Morgan fingerprint density at radius 1 is 1.08 bits per heavy atom. The maximum Gasteiger partial charge on any atom is 0.302 e. The first-order valence-corrected chi connectivity index (χ1v) is 9.99. The van der Waals surface area contributed by atoms with Crippen LogP contribution in [0.5, 0.6) is 0 Å². The molecular weight excluding hydrogens is 352 g/mol. The standard InChI is InChI=1S/C19H22N2O4S/c1-15(22)25-13-5-3-2-4-12-21-26(23,24)19-11-7-9-17-16(14-20)8-6-10-18(17)19/h6-11,21H,2-5,12-13H2,1H3. The zero-order valence-electron chi connectivity index (χ0n) is 14.7. The van der Waals surface area contributed by atoms with Gasteiger partial charge in [0.1, 0.15) is 0 Å². The quantitative estimate of drug-likeness (QED) is 0.537. The Bertz CT molecular complexity index is 917. The van der Waals surface area contributed by atoms with Crippen molar-refractivity contribution >= 4 is 26.8 Å². The molecule has 138 valence electrons. The highest BCUT2D eigenvalue weighted by molar-refractivity contribution is 7.89. The average Bonchev–Trinajstić information content (AvgIpc) is 2.62. The summed E-state index contributed by atoms with van der Waals surface area (Å²) in [4.78, 5) is 10.8. The molecule has 0 heterocycles. The third kappa shape index (κ3) is 5.28. The molecular formula is C19H22N2O4S. The highest BCUT2D eigenvalue weighted by Gasteiger charge is 2.17. The van der Waals surface area contributed by atoms with E-state index in [1.54, 1.807) is 36.4 Å². The summed E-state index contributed by atoms with van der Waals surface area (Å²) in [6.45, 7) is 2.12. The molecule has 0 unspecified atom stereocenters. The first kappa shape index (κ1) is 19.9. The number of benzene rings is 2. The van der Waals surface area contributed by atoms with Crippen molar-refractivity contribution < 1.29 is 17.9 Å². The molecule has 6 nitrogen and oxygen atoms in total. The fourth-order valence-corrected chi connectivity index (χ4v) is 3.99. The molecule has 0 saturated heterocycles. The number of carbonyl (C=O) groups excluding carboxylic acids is 1. The number of unbranched alkanes of at least 4 members (excludes halogenated alkanes) is 3. The molecule has 0 saturated carbocycles. The summed E-state index contributed by atoms with van der Waals surface area (Å²) in [7, 11) is -3.65. The molecule has 1 N–H and O–H groups in total. The van der Waals surface area contributed by atoms with E-state index in [9.17, 15) is 18.5 Å². The van der Waals surface area contributed by atoms with Gasteiger partial charge >= 0.3 is 5.97 Å². The Morgan fingerprint density at radius 3 is 2.50 bits per heavy atom. The van der Waals surface area contributed by atoms with E-state index in [1.807, 2.05) is 0 Å². The first-order chi connectivity index (χ1) is 12.5. The van der Waals surface area contributed by atoms with Gasteiger partial charge < -0.3 is 4.74 Å². The van der Waals surface area contributed by atoms with Gasteiger partial charge in [0.15, 0.2) is 0 Å². The summed E-state index contributed by atoms with van der Waals surface area (Å²) in [5.41, 5.74) is 0.451. The first-order valence-electron chi connectivity index (χ1n) is 8.50. The number of rotatable bonds is 9. The Morgan fingerprint density at radius 2 is 1.77 bits per heavy atom. The van der Waals surface area contributed by atoms with Gasteiger partial charge in [-0.1, -0.05) is 37.1 Å². The lowest BCUT2D eigenvalue weighted by Gasteiger charge is -2.10. The molecule has 0 radical (unpaired) electrons. The highest BCUT2D eigenvalue weighted by atomic mass is 32.2. The van der Waals surface area contributed by atoms with Crippen molar-refractivity contribution in [1.82, 2.24) is 4.72 Å². The van der Waals surface area contributed by atoms with E-state index in [1.165, 1.54) is 6.92 Å². The van der Waals surface area contributed by atoms with Gasteiger partial charge in [-0.3, -0.25) is 4.79 Å². The highest BCUT2D eigenvalue weighted by Crippen LogP contribution is 2.25. The van der Waals surface area contributed by atoms with Crippen LogP contribution in [-0.2, 0) is 19.6 Å². The summed E-state index contributed by atoms with van der Waals surface area (Å²) in [5, 5.41) is 10.3. The average molecular weight is 374 g/mol. The minimum absolute atomic E-state index is 0.182. The van der Waals surface area contributed by atoms with Crippen molar-refractivity contribution in [3.63, 3.8) is 0 Å². The molecule has 2 aromatic carbocycles. The molecule has 0 fully saturated rings. The van der Waals surface area contributed by atoms with Crippen molar-refractivity contribution in [1.29, 1.82) is 5.26 Å². The van der Waals surface area contributed by atoms with E-state index in [0.29, 0.717) is 35.9 Å². The molecule has 0 aliphatic rings. The predicted molar refractivity (Wildman–Crippen MR) is 99.0 cm³/mol. The Labute approximate surface area is 153 Å². The van der Waals surface area contributed by atoms with Crippen LogP contribution in [-0.4, -0.2) is 27.5 Å². The minimum atomic E-state index is -3.65. The number of hydrogen-bond acceptors (Lipinski definition) is 5. The Hall–Kier alpha value is -2.43. The SMILES string of the molecule is CC(=O)OCCCCCCNS(=O)(=O)c1cccc2c(C#N)cccc12. The van der Waals surface area contributed by atoms with E-state index in [4.69, 9.17) is 4.74 Å². The molecule has 0 amide bonds. The third-order valence-corrected chi connectivity index (χ3v) is 5.48. The number of hydrogen-bond donors (Lipinski definition) is 1. The van der Waals surface area contributed by atoms with Crippen LogP contribution in [0.25, 0.3) is 10.8 Å². The second-order valence-electron chi connectivity index (χ2n) is 5.92. The normalized spacial score (nSPS) is 11.2. The second kappa shape index (κ2) is 9.32. The zero-order chi connectivity index (χ0) is 19.0. The molecule has 2 aromatic rings. The van der Waals surface area contributed by atoms with Crippen LogP contribution in [0.15, 0.2) is 41.3 Å². The maximum absolute atomic E-state index is 12.6. The molecule has 26 heavy (non-hydrogen) atoms. The van der Waals surface area contributed by atoms with Crippen LogP contribution in [0.4, 0.5) is 0 Å². The summed E-state index contributed by atoms with van der Waals surface area (Å²) in [5.74, 6) is -0.285. The van der Waals surface area contributed by atoms with Crippen LogP contribution in [0.1, 0.15) is 38.2 Å². The van der Waals surface area contributed by atoms with Crippen LogP contribution >= 0.6 is 0 Å². The number of nitrogens with one attached hydrogen (secondary N) is 1. The van der Waals surface area contributed by atoms with Crippen molar-refractivity contribution in [2.45, 2.75) is 37.5 Å². The number of nitriles is 1. The molecule has 7 heteroatoms. The topological polar surface area (TPSA) is 96.3 Å². The molecule has 0 spiro atoms. The number of carbonyl (C=O) groups is 1. The number of nitrogens with zero attached hydrogens (tertiary/aromatic N) is 1. The Kier molecular flexibility index (Phi) is 7.13. The van der Waals surface area contributed by atoms with Crippen LogP contribution < -0.4 is 4.72 Å². The molecule has 0 aromatic heterocycles. The number of ether oxygens (including phenoxy) is 1. The minimum Gasteiger partial charge on any atom is -0.466 e. The van der Waals surface area contributed by atoms with Crippen LogP contribution in [0.2, 0.25) is 0 Å². The van der Waals surface area contributed by atoms with E-state index in [2.05, 4.69) is 10.8 Å². The lowest BCUT2D eigenvalue weighted by Crippen LogP contribution is -2.25. The monoisotopic (exact) mass is 374 g/mol. The number of sulfonamides is 1. The van der Waals surface area contributed by atoms with Crippen molar-refractivity contribution in [3.05, 3.63) is 42.0 Å². The van der Waals surface area contributed by atoms with E-state index < -0.39 is 10.0 Å². The number of fused-ring (bicyclic) bond motifs is 1. The number of esters is 1. The van der Waals surface area contributed by atoms with Crippen LogP contribution in [0, 0.1) is 11.3 Å². The maximum atomic E-state index is 12.6. The van der Waals surface area contributed by atoms with Crippen molar-refractivity contribution in [2.24, 2.45) is 0 Å². The van der Waals surface area contributed by atoms with Crippen LogP contribution in [0.3, 0.4) is 0 Å². The summed E-state index contributed by atoms with van der Waals surface area (Å²) < 4.78 is 32.7. The molecule has 0 bridgehead atoms. The summed E-state index contributed by atoms with van der Waals surface area (Å²) in [6, 6.07) is 12.1. The van der Waals surface area contributed by atoms with Gasteiger partial charge in [0.25, 0.3) is 0 Å². The molecule has 0 atom stereocenters. The lowest BCUT2D eigenvalue weighted by atomic mass is 10.1. The summed E-state index contributed by atoms with van der Waals surface area (Å²) >= 11 is 0. The predicted octanol–water partition coefficient (Wildman–Crippen LogP) is 3.11. The fourth-order valence-electron chi connectivity index (χ4n) is 2.69. The van der Waals surface area contributed by atoms with Gasteiger partial charge in [-0.05, 0) is 25.0 Å². The smallest absolute Gasteiger partial charge is 0.302 e. The van der Waals surface area contributed by atoms with Gasteiger partial charge in [0, 0.05) is 24.2 Å². The zero-order valence-corrected chi connectivity index (χ0v) is 15.5. The fraction of sp³-hybridized carbons (Fsp3) is 0.368. The second-order valence-corrected chi connectivity index (χ2v) is 7.66. The van der Waals surface area contributed by atoms with Crippen molar-refractivity contribution in [2.75, 3.05) is 13.2 Å². The summed E-state index contributed by atoms with van der Waals surface area (Å²) in [6.07, 6.45) is 3.19. The molecule has 2 rings (SSSR count). The lowest BCUT2D eigenvalue weighted by molar-refractivity contribution is -0.141. The van der Waals surface area contributed by atoms with Gasteiger partial charge in [0.05, 0.1) is 23.1 Å². The van der Waals surface area contributed by atoms with Gasteiger partial charge in [0.2, 0.25) is 10.0 Å². The van der Waals surface area contributed by atoms with Gasteiger partial charge in [-0.25, -0.2) is 13.1 Å². The molecule has 0 aliphatic heterocycles. The van der Waals surface area contributed by atoms with E-state index in [-0.39, 0.29) is 10.9 Å². The molecule has 0 aliphatic carbocycles. The van der Waals surface area contributed by atoms with E-state index in [0.717, 1.165) is 19.3 Å². The van der Waals surface area contributed by atoms with Gasteiger partial charge in [-0.2, -0.15) is 5.26 Å². The van der Waals surface area contributed by atoms with Crippen molar-refractivity contribution in [3.8, 4) is 6.07 Å². The van der Waals surface area contributed by atoms with Gasteiger partial charge in [-0.15, -0.1) is 0 Å². The van der Waals surface area contributed by atoms with E-state index >= 15 is 0 Å². The Balaban J connectivity index is 1.94. The largest absolute Gasteiger partial charge is 0.466 e. The third-order valence-electron chi connectivity index (χ3n) is 3.96.